The van der Waals surface area contributed by atoms with E-state index in [1.54, 1.807) is 30.5 Å². The minimum absolute atomic E-state index is 0.0709. The number of sulfonamides is 1. The summed E-state index contributed by atoms with van der Waals surface area (Å²) >= 11 is 3.32. The molecule has 1 aromatic heterocycles. The Hall–Kier alpha value is -1.29. The lowest BCUT2D eigenvalue weighted by Crippen LogP contribution is -2.51. The molecule has 0 spiro atoms. The Balaban J connectivity index is 1.71. The highest BCUT2D eigenvalue weighted by Gasteiger charge is 2.42. The molecule has 3 heterocycles. The number of amides is 1. The molecule has 2 saturated heterocycles. The van der Waals surface area contributed by atoms with Gasteiger partial charge in [-0.25, -0.2) is 8.42 Å². The van der Waals surface area contributed by atoms with Gasteiger partial charge in [-0.3, -0.25) is 9.78 Å². The van der Waals surface area contributed by atoms with Crippen LogP contribution in [-0.4, -0.2) is 70.8 Å². The van der Waals surface area contributed by atoms with Crippen molar-refractivity contribution >= 4 is 50.4 Å². The van der Waals surface area contributed by atoms with Gasteiger partial charge < -0.3 is 4.90 Å². The van der Waals surface area contributed by atoms with Crippen molar-refractivity contribution in [3.05, 3.63) is 36.0 Å². The van der Waals surface area contributed by atoms with E-state index in [1.165, 1.54) is 16.1 Å². The molecule has 1 aromatic carbocycles. The van der Waals surface area contributed by atoms with Gasteiger partial charge in [0.1, 0.15) is 6.04 Å². The van der Waals surface area contributed by atoms with Gasteiger partial charge in [-0.15, -0.1) is 11.8 Å². The Morgan fingerprint density at radius 1 is 1.19 bits per heavy atom. The fourth-order valence-corrected chi connectivity index (χ4v) is 7.71. The molecule has 0 saturated carbocycles. The van der Waals surface area contributed by atoms with Crippen molar-refractivity contribution in [3.63, 3.8) is 0 Å². The second kappa shape index (κ2) is 7.62. The Labute approximate surface area is 167 Å². The van der Waals surface area contributed by atoms with Crippen molar-refractivity contribution in [2.45, 2.75) is 17.9 Å². The maximum atomic E-state index is 13.5. The number of hydrogen-bond donors (Lipinski definition) is 0. The number of nitrogens with zero attached hydrogens (tertiary/aromatic N) is 3. The number of fused-ring (bicyclic) bond motifs is 1. The maximum absolute atomic E-state index is 13.5. The van der Waals surface area contributed by atoms with E-state index in [-0.39, 0.29) is 10.8 Å². The van der Waals surface area contributed by atoms with Crippen molar-refractivity contribution in [1.29, 1.82) is 0 Å². The molecule has 2 aliphatic rings. The molecule has 2 aliphatic heterocycles. The highest BCUT2D eigenvalue weighted by atomic mass is 32.2. The zero-order chi connectivity index (χ0) is 19.0. The fraction of sp³-hybridized carbons (Fsp3) is 0.444. The summed E-state index contributed by atoms with van der Waals surface area (Å²) in [5, 5.41) is 0.606. The molecule has 0 aliphatic carbocycles. The molecule has 0 radical (unpaired) electrons. The molecule has 1 amide bonds. The third-order valence-corrected chi connectivity index (χ3v) is 9.00. The molecular weight excluding hydrogens is 402 g/mol. The number of thioether (sulfide) groups is 2. The highest BCUT2D eigenvalue weighted by molar-refractivity contribution is 8.00. The first kappa shape index (κ1) is 19.0. The normalized spacial score (nSPS) is 21.7. The average Bonchev–Trinajstić information content (AvgIpc) is 3.19. The smallest absolute Gasteiger partial charge is 0.245 e. The lowest BCUT2D eigenvalue weighted by atomic mass is 10.1. The van der Waals surface area contributed by atoms with Crippen molar-refractivity contribution in [3.8, 4) is 0 Å². The van der Waals surface area contributed by atoms with Crippen LogP contribution in [0, 0.1) is 6.92 Å². The molecule has 2 aromatic rings. The van der Waals surface area contributed by atoms with Gasteiger partial charge in [0.15, 0.2) is 0 Å². The number of pyridine rings is 1. The number of aromatic nitrogens is 1. The standard InChI is InChI=1S/C18H21N3O3S3/c1-13-4-5-16(14-3-2-6-19-17(13)14)27(23,24)21-12-26-11-15(21)18(22)20-7-9-25-10-8-20/h2-6,15H,7-12H2,1H3. The van der Waals surface area contributed by atoms with E-state index in [4.69, 9.17) is 0 Å². The van der Waals surface area contributed by atoms with Gasteiger partial charge in [-0.05, 0) is 30.7 Å². The first-order chi connectivity index (χ1) is 13.0. The number of benzene rings is 1. The van der Waals surface area contributed by atoms with Crippen LogP contribution < -0.4 is 0 Å². The quantitative estimate of drug-likeness (QED) is 0.754. The summed E-state index contributed by atoms with van der Waals surface area (Å²) in [6, 6.07) is 6.31. The van der Waals surface area contributed by atoms with Crippen molar-refractivity contribution in [1.82, 2.24) is 14.2 Å². The average molecular weight is 424 g/mol. The zero-order valence-electron chi connectivity index (χ0n) is 15.0. The highest BCUT2D eigenvalue weighted by Crippen LogP contribution is 2.33. The molecule has 0 bridgehead atoms. The molecule has 4 rings (SSSR count). The molecule has 9 heteroatoms. The first-order valence-electron chi connectivity index (χ1n) is 8.80. The van der Waals surface area contributed by atoms with E-state index in [0.717, 1.165) is 17.1 Å². The van der Waals surface area contributed by atoms with E-state index >= 15 is 0 Å². The van der Waals surface area contributed by atoms with E-state index < -0.39 is 16.1 Å². The van der Waals surface area contributed by atoms with Crippen molar-refractivity contribution in [2.24, 2.45) is 0 Å². The number of carbonyl (C=O) groups excluding carboxylic acids is 1. The van der Waals surface area contributed by atoms with Gasteiger partial charge in [0, 0.05) is 41.9 Å². The Bertz CT molecular complexity index is 974. The lowest BCUT2D eigenvalue weighted by Gasteiger charge is -2.31. The van der Waals surface area contributed by atoms with Gasteiger partial charge in [-0.1, -0.05) is 6.07 Å². The monoisotopic (exact) mass is 423 g/mol. The molecule has 6 nitrogen and oxygen atoms in total. The Morgan fingerprint density at radius 2 is 1.96 bits per heavy atom. The molecule has 27 heavy (non-hydrogen) atoms. The second-order valence-corrected chi connectivity index (χ2v) is 10.7. The van der Waals surface area contributed by atoms with Crippen LogP contribution in [-0.2, 0) is 14.8 Å². The summed E-state index contributed by atoms with van der Waals surface area (Å²) in [5.41, 5.74) is 1.61. The van der Waals surface area contributed by atoms with Crippen LogP contribution in [0.4, 0.5) is 0 Å². The second-order valence-electron chi connectivity index (χ2n) is 6.63. The summed E-state index contributed by atoms with van der Waals surface area (Å²) in [6.45, 7) is 3.30. The lowest BCUT2D eigenvalue weighted by molar-refractivity contribution is -0.133. The van der Waals surface area contributed by atoms with Gasteiger partial charge in [-0.2, -0.15) is 16.1 Å². The van der Waals surface area contributed by atoms with Crippen molar-refractivity contribution < 1.29 is 13.2 Å². The van der Waals surface area contributed by atoms with Crippen LogP contribution in [0.1, 0.15) is 5.56 Å². The van der Waals surface area contributed by atoms with Crippen molar-refractivity contribution in [2.75, 3.05) is 36.2 Å². The fourth-order valence-electron chi connectivity index (χ4n) is 3.49. The van der Waals surface area contributed by atoms with Crippen LogP contribution in [0.5, 0.6) is 0 Å². The third-order valence-electron chi connectivity index (χ3n) is 4.97. The Kier molecular flexibility index (Phi) is 5.37. The summed E-state index contributed by atoms with van der Waals surface area (Å²) in [5.74, 6) is 2.55. The minimum Gasteiger partial charge on any atom is -0.340 e. The molecular formula is C18H21N3O3S3. The van der Waals surface area contributed by atoms with E-state index in [1.807, 2.05) is 23.6 Å². The van der Waals surface area contributed by atoms with E-state index in [2.05, 4.69) is 4.98 Å². The van der Waals surface area contributed by atoms with Crippen LogP contribution >= 0.6 is 23.5 Å². The molecule has 1 unspecified atom stereocenters. The first-order valence-corrected chi connectivity index (χ1v) is 12.6. The largest absolute Gasteiger partial charge is 0.340 e. The number of aryl methyl sites for hydroxylation is 1. The van der Waals surface area contributed by atoms with Crippen LogP contribution in [0.3, 0.4) is 0 Å². The summed E-state index contributed by atoms with van der Waals surface area (Å²) in [4.78, 5) is 19.4. The summed E-state index contributed by atoms with van der Waals surface area (Å²) < 4.78 is 28.3. The van der Waals surface area contributed by atoms with Gasteiger partial charge in [0.25, 0.3) is 0 Å². The summed E-state index contributed by atoms with van der Waals surface area (Å²) in [7, 11) is -3.80. The van der Waals surface area contributed by atoms with Crippen LogP contribution in [0.25, 0.3) is 10.9 Å². The van der Waals surface area contributed by atoms with Gasteiger partial charge in [0.2, 0.25) is 15.9 Å². The van der Waals surface area contributed by atoms with E-state index in [0.29, 0.717) is 35.6 Å². The number of carbonyl (C=O) groups is 1. The molecule has 1 atom stereocenters. The number of hydrogen-bond acceptors (Lipinski definition) is 6. The molecule has 144 valence electrons. The number of rotatable bonds is 3. The van der Waals surface area contributed by atoms with Crippen LogP contribution in [0.2, 0.25) is 0 Å². The topological polar surface area (TPSA) is 70.6 Å². The molecule has 2 fully saturated rings. The third kappa shape index (κ3) is 3.46. The predicted octanol–water partition coefficient (Wildman–Crippen LogP) is 2.18. The predicted molar refractivity (Wildman–Crippen MR) is 111 cm³/mol. The Morgan fingerprint density at radius 3 is 2.74 bits per heavy atom. The van der Waals surface area contributed by atoms with Crippen LogP contribution in [0.15, 0.2) is 35.4 Å². The molecule has 0 N–H and O–H groups in total. The van der Waals surface area contributed by atoms with Gasteiger partial charge in [0.05, 0.1) is 16.3 Å². The SMILES string of the molecule is Cc1ccc(S(=O)(=O)N2CSCC2C(=O)N2CCSCC2)c2cccnc12. The maximum Gasteiger partial charge on any atom is 0.245 e. The van der Waals surface area contributed by atoms with Gasteiger partial charge >= 0.3 is 0 Å². The zero-order valence-corrected chi connectivity index (χ0v) is 17.4. The van der Waals surface area contributed by atoms with E-state index in [9.17, 15) is 13.2 Å². The summed E-state index contributed by atoms with van der Waals surface area (Å²) in [6.07, 6.45) is 1.66. The minimum atomic E-state index is -3.80.